The monoisotopic (exact) mass is 316 g/mol. The maximum atomic E-state index is 11.0. The number of carbonyl (C=O) groups excluding carboxylic acids is 1. The molecule has 0 aromatic heterocycles. The Hall–Kier alpha value is -2.04. The minimum atomic E-state index is -0.0425. The molecule has 0 spiro atoms. The summed E-state index contributed by atoms with van der Waals surface area (Å²) in [6, 6.07) is 7.99. The zero-order valence-corrected chi connectivity index (χ0v) is 14.4. The van der Waals surface area contributed by atoms with Crippen molar-refractivity contribution >= 4 is 17.6 Å². The Morgan fingerprint density at radius 3 is 2.48 bits per heavy atom. The summed E-state index contributed by atoms with van der Waals surface area (Å²) in [4.78, 5) is 17.8. The molecular weight excluding hydrogens is 288 g/mol. The van der Waals surface area contributed by atoms with Crippen LogP contribution in [-0.4, -0.2) is 43.4 Å². The van der Waals surface area contributed by atoms with Gasteiger partial charge in [-0.05, 0) is 42.9 Å². The van der Waals surface area contributed by atoms with Gasteiger partial charge >= 0.3 is 0 Å². The van der Waals surface area contributed by atoms with Crippen LogP contribution in [0.1, 0.15) is 32.3 Å². The van der Waals surface area contributed by atoms with E-state index in [2.05, 4.69) is 39.6 Å². The number of nitrogens with zero attached hydrogens (tertiary/aromatic N) is 2. The maximum Gasteiger partial charge on any atom is 0.221 e. The van der Waals surface area contributed by atoms with Crippen LogP contribution in [0.5, 0.6) is 0 Å². The van der Waals surface area contributed by atoms with E-state index < -0.39 is 0 Å². The third-order valence-electron chi connectivity index (χ3n) is 4.27. The molecule has 0 unspecified atom stereocenters. The summed E-state index contributed by atoms with van der Waals surface area (Å²) in [5.41, 5.74) is 2.08. The van der Waals surface area contributed by atoms with Crippen molar-refractivity contribution in [2.45, 2.75) is 33.1 Å². The second-order valence-corrected chi connectivity index (χ2v) is 6.27. The van der Waals surface area contributed by atoms with Crippen molar-refractivity contribution in [3.8, 4) is 0 Å². The standard InChI is InChI=1S/C18H28N4O/c1-14-9-12-22(13-10-14)18(19-3)20-11-8-16-4-6-17(7-5-16)21-15(2)23/h4-7,14H,8-13H2,1-3H3,(H,19,20)(H,21,23). The number of guanidine groups is 1. The van der Waals surface area contributed by atoms with E-state index in [1.54, 1.807) is 0 Å². The Kier molecular flexibility index (Phi) is 6.44. The van der Waals surface area contributed by atoms with Gasteiger partial charge in [-0.25, -0.2) is 0 Å². The van der Waals surface area contributed by atoms with Crippen LogP contribution in [-0.2, 0) is 11.2 Å². The first-order chi connectivity index (χ1) is 11.1. The minimum absolute atomic E-state index is 0.0425. The van der Waals surface area contributed by atoms with Gasteiger partial charge in [-0.3, -0.25) is 9.79 Å². The molecule has 0 bridgehead atoms. The first-order valence-corrected chi connectivity index (χ1v) is 8.40. The van der Waals surface area contributed by atoms with Crippen molar-refractivity contribution < 1.29 is 4.79 Å². The highest BCUT2D eigenvalue weighted by molar-refractivity contribution is 5.88. The fourth-order valence-corrected chi connectivity index (χ4v) is 2.83. The smallest absolute Gasteiger partial charge is 0.221 e. The quantitative estimate of drug-likeness (QED) is 0.663. The largest absolute Gasteiger partial charge is 0.356 e. The number of hydrogen-bond acceptors (Lipinski definition) is 2. The molecule has 1 fully saturated rings. The van der Waals surface area contributed by atoms with E-state index in [9.17, 15) is 4.79 Å². The zero-order valence-electron chi connectivity index (χ0n) is 14.4. The summed E-state index contributed by atoms with van der Waals surface area (Å²) in [6.45, 7) is 6.87. The number of benzene rings is 1. The van der Waals surface area contributed by atoms with E-state index in [1.807, 2.05) is 19.2 Å². The number of amides is 1. The molecule has 5 nitrogen and oxygen atoms in total. The summed E-state index contributed by atoms with van der Waals surface area (Å²) >= 11 is 0. The van der Waals surface area contributed by atoms with Crippen LogP contribution in [0.25, 0.3) is 0 Å². The van der Waals surface area contributed by atoms with Crippen LogP contribution in [0.15, 0.2) is 29.3 Å². The molecule has 1 aliphatic heterocycles. The molecular formula is C18H28N4O. The molecule has 23 heavy (non-hydrogen) atoms. The van der Waals surface area contributed by atoms with Gasteiger partial charge in [-0.15, -0.1) is 0 Å². The number of hydrogen-bond donors (Lipinski definition) is 2. The second kappa shape index (κ2) is 8.56. The molecule has 1 saturated heterocycles. The first-order valence-electron chi connectivity index (χ1n) is 8.40. The molecule has 0 atom stereocenters. The minimum Gasteiger partial charge on any atom is -0.356 e. The molecule has 0 radical (unpaired) electrons. The third kappa shape index (κ3) is 5.58. The van der Waals surface area contributed by atoms with Crippen LogP contribution in [0.4, 0.5) is 5.69 Å². The lowest BCUT2D eigenvalue weighted by Crippen LogP contribution is -2.45. The highest BCUT2D eigenvalue weighted by atomic mass is 16.1. The van der Waals surface area contributed by atoms with Gasteiger partial charge in [0.05, 0.1) is 0 Å². The lowest BCUT2D eigenvalue weighted by Gasteiger charge is -2.32. The Labute approximate surface area is 139 Å². The fraction of sp³-hybridized carbons (Fsp3) is 0.556. The van der Waals surface area contributed by atoms with Crippen LogP contribution >= 0.6 is 0 Å². The number of aliphatic imine (C=N–C) groups is 1. The van der Waals surface area contributed by atoms with Gasteiger partial charge in [-0.2, -0.15) is 0 Å². The van der Waals surface area contributed by atoms with Crippen molar-refractivity contribution in [2.75, 3.05) is 32.0 Å². The van der Waals surface area contributed by atoms with E-state index in [0.29, 0.717) is 0 Å². The van der Waals surface area contributed by atoms with Gasteiger partial charge in [-0.1, -0.05) is 19.1 Å². The number of carbonyl (C=O) groups is 1. The Balaban J connectivity index is 1.78. The van der Waals surface area contributed by atoms with Gasteiger partial charge in [0, 0.05) is 39.3 Å². The molecule has 5 heteroatoms. The van der Waals surface area contributed by atoms with Crippen molar-refractivity contribution in [2.24, 2.45) is 10.9 Å². The summed E-state index contributed by atoms with van der Waals surface area (Å²) in [7, 11) is 1.85. The highest BCUT2D eigenvalue weighted by Gasteiger charge is 2.18. The molecule has 1 aromatic rings. The molecule has 1 amide bonds. The van der Waals surface area contributed by atoms with E-state index in [0.717, 1.165) is 43.6 Å². The topological polar surface area (TPSA) is 56.7 Å². The molecule has 0 aliphatic carbocycles. The van der Waals surface area contributed by atoms with Gasteiger partial charge in [0.15, 0.2) is 5.96 Å². The lowest BCUT2D eigenvalue weighted by molar-refractivity contribution is -0.114. The number of rotatable bonds is 4. The van der Waals surface area contributed by atoms with E-state index in [-0.39, 0.29) is 5.91 Å². The zero-order chi connectivity index (χ0) is 16.7. The normalized spacial score (nSPS) is 16.3. The molecule has 1 aliphatic rings. The van der Waals surface area contributed by atoms with E-state index in [4.69, 9.17) is 0 Å². The van der Waals surface area contributed by atoms with Gasteiger partial charge in [0.2, 0.25) is 5.91 Å². The molecule has 1 aromatic carbocycles. The predicted octanol–water partition coefficient (Wildman–Crippen LogP) is 2.49. The van der Waals surface area contributed by atoms with Crippen LogP contribution < -0.4 is 10.6 Å². The fourth-order valence-electron chi connectivity index (χ4n) is 2.83. The average Bonchev–Trinajstić information content (AvgIpc) is 2.54. The van der Waals surface area contributed by atoms with Crippen molar-refractivity contribution in [1.82, 2.24) is 10.2 Å². The number of piperidine rings is 1. The van der Waals surface area contributed by atoms with Crippen molar-refractivity contribution in [3.63, 3.8) is 0 Å². The average molecular weight is 316 g/mol. The lowest BCUT2D eigenvalue weighted by atomic mass is 10.00. The first kappa shape index (κ1) is 17.3. The molecule has 0 saturated carbocycles. The van der Waals surface area contributed by atoms with E-state index >= 15 is 0 Å². The van der Waals surface area contributed by atoms with Gasteiger partial charge < -0.3 is 15.5 Å². The summed E-state index contributed by atoms with van der Waals surface area (Å²) < 4.78 is 0. The number of anilines is 1. The Morgan fingerprint density at radius 2 is 1.91 bits per heavy atom. The van der Waals surface area contributed by atoms with Crippen molar-refractivity contribution in [3.05, 3.63) is 29.8 Å². The summed E-state index contributed by atoms with van der Waals surface area (Å²) in [5.74, 6) is 1.79. The Bertz CT molecular complexity index is 530. The SMILES string of the molecule is CN=C(NCCc1ccc(NC(C)=O)cc1)N1CCC(C)CC1. The predicted molar refractivity (Wildman–Crippen MR) is 95.8 cm³/mol. The summed E-state index contributed by atoms with van der Waals surface area (Å²) in [5, 5.41) is 6.24. The summed E-state index contributed by atoms with van der Waals surface area (Å²) in [6.07, 6.45) is 3.42. The maximum absolute atomic E-state index is 11.0. The van der Waals surface area contributed by atoms with Crippen LogP contribution in [0.2, 0.25) is 0 Å². The molecule has 126 valence electrons. The number of nitrogens with one attached hydrogen (secondary N) is 2. The molecule has 2 N–H and O–H groups in total. The van der Waals surface area contributed by atoms with E-state index in [1.165, 1.54) is 25.3 Å². The van der Waals surface area contributed by atoms with Gasteiger partial charge in [0.1, 0.15) is 0 Å². The Morgan fingerprint density at radius 1 is 1.26 bits per heavy atom. The van der Waals surface area contributed by atoms with Crippen LogP contribution in [0.3, 0.4) is 0 Å². The second-order valence-electron chi connectivity index (χ2n) is 6.27. The molecule has 1 heterocycles. The molecule has 2 rings (SSSR count). The third-order valence-corrected chi connectivity index (χ3v) is 4.27. The van der Waals surface area contributed by atoms with Gasteiger partial charge in [0.25, 0.3) is 0 Å². The van der Waals surface area contributed by atoms with Crippen molar-refractivity contribution in [1.29, 1.82) is 0 Å². The van der Waals surface area contributed by atoms with Crippen LogP contribution in [0, 0.1) is 5.92 Å². The number of likely N-dealkylation sites (tertiary alicyclic amines) is 1. The highest BCUT2D eigenvalue weighted by Crippen LogP contribution is 2.16.